The smallest absolute Gasteiger partial charge is 0.409 e. The van der Waals surface area contributed by atoms with Gasteiger partial charge < -0.3 is 4.74 Å². The van der Waals surface area contributed by atoms with Crippen LogP contribution in [0.5, 0.6) is 5.75 Å². The fourth-order valence-electron chi connectivity index (χ4n) is 1.46. The molecule has 7 heteroatoms. The van der Waals surface area contributed by atoms with Gasteiger partial charge in [-0.25, -0.2) is 4.79 Å². The average Bonchev–Trinajstić information content (AvgIpc) is 2.47. The Balaban J connectivity index is 1.95. The normalized spacial score (nSPS) is 10.9. The fourth-order valence-corrected chi connectivity index (χ4v) is 2.20. The van der Waals surface area contributed by atoms with Crippen molar-refractivity contribution < 1.29 is 22.2 Å². The third kappa shape index (κ3) is 4.30. The summed E-state index contributed by atoms with van der Waals surface area (Å²) in [6.45, 7) is 1.83. The van der Waals surface area contributed by atoms with Crippen LogP contribution in [-0.2, 0) is 14.4 Å². The monoisotopic (exact) mass is 307 g/mol. The molecule has 0 heterocycles. The Labute approximate surface area is 122 Å². The molecular formula is C14H13NO5S. The number of hydroxylamine groups is 1. The topological polar surface area (TPSA) is 81.7 Å². The molecule has 0 atom stereocenters. The Morgan fingerprint density at radius 2 is 1.62 bits per heavy atom. The van der Waals surface area contributed by atoms with E-state index in [0.29, 0.717) is 0 Å². The molecule has 0 spiro atoms. The lowest BCUT2D eigenvalue weighted by molar-refractivity contribution is 0.145. The van der Waals surface area contributed by atoms with Crippen LogP contribution >= 0.6 is 0 Å². The van der Waals surface area contributed by atoms with Crippen molar-refractivity contribution in [3.8, 4) is 5.75 Å². The van der Waals surface area contributed by atoms with Gasteiger partial charge in [-0.15, -0.1) is 4.28 Å². The zero-order valence-electron chi connectivity index (χ0n) is 11.1. The molecule has 0 aliphatic carbocycles. The zero-order valence-corrected chi connectivity index (χ0v) is 12.0. The highest BCUT2D eigenvalue weighted by atomic mass is 32.2. The van der Waals surface area contributed by atoms with Gasteiger partial charge in [-0.1, -0.05) is 35.9 Å². The van der Waals surface area contributed by atoms with Crippen LogP contribution in [0.4, 0.5) is 4.79 Å². The highest BCUT2D eigenvalue weighted by Crippen LogP contribution is 2.12. The molecular weight excluding hydrogens is 294 g/mol. The second-order valence-corrected chi connectivity index (χ2v) is 5.70. The zero-order chi connectivity index (χ0) is 15.3. The molecule has 0 aromatic heterocycles. The van der Waals surface area contributed by atoms with Crippen LogP contribution in [0.3, 0.4) is 0 Å². The number of para-hydroxylation sites is 1. The predicted octanol–water partition coefficient (Wildman–Crippen LogP) is 2.40. The van der Waals surface area contributed by atoms with Gasteiger partial charge in [-0.05, 0) is 31.2 Å². The number of hydrogen-bond acceptors (Lipinski definition) is 5. The lowest BCUT2D eigenvalue weighted by atomic mass is 10.2. The van der Waals surface area contributed by atoms with Gasteiger partial charge in [0.2, 0.25) is 0 Å². The number of ether oxygens (including phenoxy) is 1. The SMILES string of the molecule is Cc1ccc(S(=O)(=O)ONC(=O)Oc2ccccc2)cc1. The lowest BCUT2D eigenvalue weighted by Gasteiger charge is -2.07. The predicted molar refractivity (Wildman–Crippen MR) is 75.1 cm³/mol. The van der Waals surface area contributed by atoms with E-state index < -0.39 is 16.2 Å². The summed E-state index contributed by atoms with van der Waals surface area (Å²) in [5.74, 6) is 0.270. The van der Waals surface area contributed by atoms with Crippen molar-refractivity contribution in [2.24, 2.45) is 0 Å². The summed E-state index contributed by atoms with van der Waals surface area (Å²) in [7, 11) is -4.08. The van der Waals surface area contributed by atoms with Gasteiger partial charge in [-0.2, -0.15) is 13.9 Å². The first-order valence-corrected chi connectivity index (χ1v) is 7.41. The number of aryl methyl sites for hydroxylation is 1. The maximum Gasteiger partial charge on any atom is 0.437 e. The molecule has 1 N–H and O–H groups in total. The van der Waals surface area contributed by atoms with Crippen molar-refractivity contribution in [1.82, 2.24) is 5.48 Å². The molecule has 0 aliphatic heterocycles. The molecule has 0 saturated carbocycles. The van der Waals surface area contributed by atoms with E-state index in [9.17, 15) is 13.2 Å². The van der Waals surface area contributed by atoms with Crippen LogP contribution in [0, 0.1) is 6.92 Å². The number of amides is 1. The summed E-state index contributed by atoms with van der Waals surface area (Å²) < 4.78 is 32.9. The highest BCUT2D eigenvalue weighted by Gasteiger charge is 2.17. The average molecular weight is 307 g/mol. The van der Waals surface area contributed by atoms with E-state index in [1.54, 1.807) is 47.9 Å². The van der Waals surface area contributed by atoms with Crippen LogP contribution in [-0.4, -0.2) is 14.5 Å². The Morgan fingerprint density at radius 3 is 2.24 bits per heavy atom. The molecule has 21 heavy (non-hydrogen) atoms. The summed E-state index contributed by atoms with van der Waals surface area (Å²) in [5.41, 5.74) is 2.64. The van der Waals surface area contributed by atoms with Crippen molar-refractivity contribution in [2.75, 3.05) is 0 Å². The second kappa shape index (κ2) is 6.38. The Bertz CT molecular complexity index is 711. The van der Waals surface area contributed by atoms with Gasteiger partial charge in [0.15, 0.2) is 0 Å². The number of benzene rings is 2. The third-order valence-corrected chi connectivity index (χ3v) is 3.65. The van der Waals surface area contributed by atoms with Gasteiger partial charge in [0.25, 0.3) is 0 Å². The molecule has 2 aromatic rings. The van der Waals surface area contributed by atoms with Crippen molar-refractivity contribution in [3.05, 3.63) is 60.2 Å². The van der Waals surface area contributed by atoms with E-state index in [1.165, 1.54) is 12.1 Å². The molecule has 0 aliphatic rings. The highest BCUT2D eigenvalue weighted by molar-refractivity contribution is 7.86. The summed E-state index contributed by atoms with van der Waals surface area (Å²) in [5, 5.41) is 0. The number of carbonyl (C=O) groups is 1. The number of rotatable bonds is 4. The molecule has 2 rings (SSSR count). The maximum absolute atomic E-state index is 11.8. The minimum atomic E-state index is -4.08. The summed E-state index contributed by atoms with van der Waals surface area (Å²) in [6, 6.07) is 14.2. The van der Waals surface area contributed by atoms with E-state index in [2.05, 4.69) is 4.28 Å². The first kappa shape index (κ1) is 15.0. The van der Waals surface area contributed by atoms with Crippen LogP contribution < -0.4 is 10.2 Å². The van der Waals surface area contributed by atoms with Crippen LogP contribution in [0.2, 0.25) is 0 Å². The summed E-state index contributed by atoms with van der Waals surface area (Å²) >= 11 is 0. The minimum absolute atomic E-state index is 0.0619. The fraction of sp³-hybridized carbons (Fsp3) is 0.0714. The van der Waals surface area contributed by atoms with Gasteiger partial charge in [0.1, 0.15) is 5.75 Å². The number of nitrogens with one attached hydrogen (secondary N) is 1. The van der Waals surface area contributed by atoms with Gasteiger partial charge in [0, 0.05) is 0 Å². The Morgan fingerprint density at radius 1 is 1.00 bits per heavy atom. The first-order valence-electron chi connectivity index (χ1n) is 6.00. The summed E-state index contributed by atoms with van der Waals surface area (Å²) in [6.07, 6.45) is -1.03. The van der Waals surface area contributed by atoms with Crippen molar-refractivity contribution in [2.45, 2.75) is 11.8 Å². The maximum atomic E-state index is 11.8. The van der Waals surface area contributed by atoms with Gasteiger partial charge in [0.05, 0.1) is 4.90 Å². The van der Waals surface area contributed by atoms with E-state index in [0.717, 1.165) is 5.56 Å². The first-order chi connectivity index (χ1) is 9.97. The van der Waals surface area contributed by atoms with Gasteiger partial charge >= 0.3 is 16.2 Å². The van der Waals surface area contributed by atoms with Crippen molar-refractivity contribution >= 4 is 16.2 Å². The molecule has 0 unspecified atom stereocenters. The quantitative estimate of drug-likeness (QED) is 0.877. The molecule has 0 bridgehead atoms. The van der Waals surface area contributed by atoms with Crippen LogP contribution in [0.25, 0.3) is 0 Å². The third-order valence-electron chi connectivity index (χ3n) is 2.50. The second-order valence-electron chi connectivity index (χ2n) is 4.16. The van der Waals surface area contributed by atoms with E-state index in [1.807, 2.05) is 6.92 Å². The molecule has 110 valence electrons. The minimum Gasteiger partial charge on any atom is -0.409 e. The van der Waals surface area contributed by atoms with E-state index in [4.69, 9.17) is 4.74 Å². The Kier molecular flexibility index (Phi) is 4.56. The van der Waals surface area contributed by atoms with E-state index in [-0.39, 0.29) is 10.6 Å². The van der Waals surface area contributed by atoms with Crippen molar-refractivity contribution in [3.63, 3.8) is 0 Å². The molecule has 1 amide bonds. The molecule has 0 saturated heterocycles. The standard InChI is InChI=1S/C14H13NO5S/c1-11-7-9-13(10-8-11)21(17,18)20-15-14(16)19-12-5-3-2-4-6-12/h2-10H,1H3,(H,15,16). The summed E-state index contributed by atoms with van der Waals surface area (Å²) in [4.78, 5) is 11.4. The molecule has 0 radical (unpaired) electrons. The largest absolute Gasteiger partial charge is 0.437 e. The van der Waals surface area contributed by atoms with Crippen LogP contribution in [0.1, 0.15) is 5.56 Å². The number of hydrogen-bond donors (Lipinski definition) is 1. The Hall–Kier alpha value is -2.38. The van der Waals surface area contributed by atoms with Gasteiger partial charge in [-0.3, -0.25) is 0 Å². The number of carbonyl (C=O) groups excluding carboxylic acids is 1. The van der Waals surface area contributed by atoms with Crippen LogP contribution in [0.15, 0.2) is 59.5 Å². The lowest BCUT2D eigenvalue weighted by Crippen LogP contribution is -2.29. The van der Waals surface area contributed by atoms with E-state index >= 15 is 0 Å². The van der Waals surface area contributed by atoms with Crippen molar-refractivity contribution in [1.29, 1.82) is 0 Å². The molecule has 2 aromatic carbocycles. The molecule has 6 nitrogen and oxygen atoms in total. The molecule has 0 fully saturated rings.